The molecule has 0 spiro atoms. The standard InChI is InChI=1S/C22H21ClN4O3S/c1-15-2-3-17(12-20(15)27(29)30)22(28)26-10-8-25(9-11-26)13-21-24-19(14-31-21)16-4-6-18(23)7-5-16/h2-7,12,14H,8-11,13H2,1H3. The quantitative estimate of drug-likeness (QED) is 0.413. The smallest absolute Gasteiger partial charge is 0.273 e. The molecule has 31 heavy (non-hydrogen) atoms. The molecule has 1 aliphatic rings. The Kier molecular flexibility index (Phi) is 6.31. The SMILES string of the molecule is Cc1ccc(C(=O)N2CCN(Cc3nc(-c4ccc(Cl)cc4)cs3)CC2)cc1[N+](=O)[O-]. The molecule has 9 heteroatoms. The molecule has 2 heterocycles. The number of piperazine rings is 1. The Morgan fingerprint density at radius 2 is 1.87 bits per heavy atom. The van der Waals surface area contributed by atoms with E-state index >= 15 is 0 Å². The molecule has 1 amide bonds. The molecule has 1 fully saturated rings. The molecule has 1 aromatic heterocycles. The summed E-state index contributed by atoms with van der Waals surface area (Å²) in [5.74, 6) is -0.165. The van der Waals surface area contributed by atoms with Gasteiger partial charge in [-0.2, -0.15) is 0 Å². The summed E-state index contributed by atoms with van der Waals surface area (Å²) in [6, 6.07) is 12.3. The fraction of sp³-hybridized carbons (Fsp3) is 0.273. The van der Waals surface area contributed by atoms with Crippen LogP contribution in [0.4, 0.5) is 5.69 Å². The number of thiazole rings is 1. The number of nitro groups is 1. The van der Waals surface area contributed by atoms with Crippen LogP contribution in [0.25, 0.3) is 11.3 Å². The first-order valence-corrected chi connectivity index (χ1v) is 11.1. The van der Waals surface area contributed by atoms with Gasteiger partial charge in [0.2, 0.25) is 0 Å². The van der Waals surface area contributed by atoms with Crippen molar-refractivity contribution in [3.05, 3.63) is 79.1 Å². The molecule has 160 valence electrons. The molecule has 0 radical (unpaired) electrons. The molecule has 0 bridgehead atoms. The van der Waals surface area contributed by atoms with Gasteiger partial charge in [-0.3, -0.25) is 19.8 Å². The number of hydrogen-bond acceptors (Lipinski definition) is 6. The number of nitrogens with zero attached hydrogens (tertiary/aromatic N) is 4. The van der Waals surface area contributed by atoms with Crippen molar-refractivity contribution in [2.24, 2.45) is 0 Å². The summed E-state index contributed by atoms with van der Waals surface area (Å²) in [5.41, 5.74) is 2.86. The largest absolute Gasteiger partial charge is 0.336 e. The highest BCUT2D eigenvalue weighted by Crippen LogP contribution is 2.25. The number of nitro benzene ring substituents is 1. The second kappa shape index (κ2) is 9.13. The van der Waals surface area contributed by atoms with Gasteiger partial charge >= 0.3 is 0 Å². The number of carbonyl (C=O) groups is 1. The van der Waals surface area contributed by atoms with Crippen LogP contribution in [-0.2, 0) is 6.54 Å². The van der Waals surface area contributed by atoms with Gasteiger partial charge in [-0.15, -0.1) is 11.3 Å². The summed E-state index contributed by atoms with van der Waals surface area (Å²) in [6.07, 6.45) is 0. The Hall–Kier alpha value is -2.81. The summed E-state index contributed by atoms with van der Waals surface area (Å²) >= 11 is 7.57. The van der Waals surface area contributed by atoms with Crippen molar-refractivity contribution in [1.82, 2.24) is 14.8 Å². The average molecular weight is 457 g/mol. The maximum absolute atomic E-state index is 12.8. The van der Waals surface area contributed by atoms with E-state index in [-0.39, 0.29) is 11.6 Å². The molecular formula is C22H21ClN4O3S. The lowest BCUT2D eigenvalue weighted by Gasteiger charge is -2.34. The third-order valence-electron chi connectivity index (χ3n) is 5.36. The van der Waals surface area contributed by atoms with E-state index in [1.807, 2.05) is 29.6 Å². The van der Waals surface area contributed by atoms with Crippen LogP contribution in [0.5, 0.6) is 0 Å². The number of hydrogen-bond donors (Lipinski definition) is 0. The molecular weight excluding hydrogens is 436 g/mol. The lowest BCUT2D eigenvalue weighted by molar-refractivity contribution is -0.385. The lowest BCUT2D eigenvalue weighted by atomic mass is 10.1. The first-order valence-electron chi connectivity index (χ1n) is 9.88. The zero-order valence-corrected chi connectivity index (χ0v) is 18.5. The number of aromatic nitrogens is 1. The molecule has 0 atom stereocenters. The van der Waals surface area contributed by atoms with Crippen molar-refractivity contribution < 1.29 is 9.72 Å². The molecule has 0 N–H and O–H groups in total. The van der Waals surface area contributed by atoms with Crippen molar-refractivity contribution in [1.29, 1.82) is 0 Å². The van der Waals surface area contributed by atoms with Gasteiger partial charge in [0.25, 0.3) is 11.6 Å². The second-order valence-corrected chi connectivity index (χ2v) is 8.84. The van der Waals surface area contributed by atoms with Crippen LogP contribution >= 0.6 is 22.9 Å². The van der Waals surface area contributed by atoms with Crippen LogP contribution in [0.1, 0.15) is 20.9 Å². The van der Waals surface area contributed by atoms with Crippen molar-refractivity contribution in [3.63, 3.8) is 0 Å². The highest BCUT2D eigenvalue weighted by Gasteiger charge is 2.24. The van der Waals surface area contributed by atoms with Gasteiger partial charge in [-0.1, -0.05) is 29.8 Å². The second-order valence-electron chi connectivity index (χ2n) is 7.46. The maximum atomic E-state index is 12.8. The van der Waals surface area contributed by atoms with Crippen molar-refractivity contribution in [2.45, 2.75) is 13.5 Å². The monoisotopic (exact) mass is 456 g/mol. The van der Waals surface area contributed by atoms with Crippen molar-refractivity contribution >= 4 is 34.5 Å². The Morgan fingerprint density at radius 1 is 1.16 bits per heavy atom. The Balaban J connectivity index is 1.35. The van der Waals surface area contributed by atoms with E-state index in [1.165, 1.54) is 6.07 Å². The van der Waals surface area contributed by atoms with Crippen LogP contribution < -0.4 is 0 Å². The van der Waals surface area contributed by atoms with Gasteiger partial charge in [0.15, 0.2) is 0 Å². The number of aryl methyl sites for hydroxylation is 1. The number of amides is 1. The zero-order chi connectivity index (χ0) is 22.0. The average Bonchev–Trinajstić information content (AvgIpc) is 3.23. The van der Waals surface area contributed by atoms with E-state index in [1.54, 1.807) is 35.3 Å². The van der Waals surface area contributed by atoms with E-state index in [0.717, 1.165) is 35.9 Å². The fourth-order valence-electron chi connectivity index (χ4n) is 3.56. The highest BCUT2D eigenvalue weighted by atomic mass is 35.5. The molecule has 1 saturated heterocycles. The maximum Gasteiger partial charge on any atom is 0.273 e. The van der Waals surface area contributed by atoms with E-state index in [9.17, 15) is 14.9 Å². The number of halogens is 1. The lowest BCUT2D eigenvalue weighted by Crippen LogP contribution is -2.48. The summed E-state index contributed by atoms with van der Waals surface area (Å²) in [7, 11) is 0. The van der Waals surface area contributed by atoms with Gasteiger partial charge in [0, 0.05) is 59.3 Å². The third-order valence-corrected chi connectivity index (χ3v) is 6.45. The molecule has 0 unspecified atom stereocenters. The van der Waals surface area contributed by atoms with Gasteiger partial charge in [0.1, 0.15) is 5.01 Å². The van der Waals surface area contributed by atoms with Crippen molar-refractivity contribution in [2.75, 3.05) is 26.2 Å². The number of carbonyl (C=O) groups excluding carboxylic acids is 1. The van der Waals surface area contributed by atoms with E-state index < -0.39 is 4.92 Å². The Labute approximate surface area is 189 Å². The van der Waals surface area contributed by atoms with Crippen molar-refractivity contribution in [3.8, 4) is 11.3 Å². The first kappa shape index (κ1) is 21.4. The van der Waals surface area contributed by atoms with E-state index in [4.69, 9.17) is 16.6 Å². The number of benzene rings is 2. The Bertz CT molecular complexity index is 1110. The van der Waals surface area contributed by atoms with Gasteiger partial charge < -0.3 is 4.90 Å². The van der Waals surface area contributed by atoms with Crippen LogP contribution in [0, 0.1) is 17.0 Å². The molecule has 0 aliphatic carbocycles. The van der Waals surface area contributed by atoms with Crippen LogP contribution in [0.2, 0.25) is 5.02 Å². The Morgan fingerprint density at radius 3 is 2.55 bits per heavy atom. The molecule has 4 rings (SSSR count). The number of rotatable bonds is 5. The predicted octanol–water partition coefficient (Wildman–Crippen LogP) is 4.64. The molecule has 2 aromatic carbocycles. The van der Waals surface area contributed by atoms with Crippen LogP contribution in [-0.4, -0.2) is 51.8 Å². The summed E-state index contributed by atoms with van der Waals surface area (Å²) in [5, 5.41) is 14.9. The molecule has 1 aliphatic heterocycles. The predicted molar refractivity (Wildman–Crippen MR) is 122 cm³/mol. The van der Waals surface area contributed by atoms with E-state index in [2.05, 4.69) is 4.90 Å². The minimum Gasteiger partial charge on any atom is -0.336 e. The zero-order valence-electron chi connectivity index (χ0n) is 17.0. The normalized spacial score (nSPS) is 14.6. The fourth-order valence-corrected chi connectivity index (χ4v) is 4.53. The third kappa shape index (κ3) is 4.92. The topological polar surface area (TPSA) is 79.6 Å². The first-order chi connectivity index (χ1) is 14.9. The van der Waals surface area contributed by atoms with Crippen LogP contribution in [0.15, 0.2) is 47.8 Å². The summed E-state index contributed by atoms with van der Waals surface area (Å²) < 4.78 is 0. The highest BCUT2D eigenvalue weighted by molar-refractivity contribution is 7.09. The molecule has 0 saturated carbocycles. The van der Waals surface area contributed by atoms with E-state index in [0.29, 0.717) is 29.2 Å². The molecule has 3 aromatic rings. The minimum absolute atomic E-state index is 0.0234. The van der Waals surface area contributed by atoms with Gasteiger partial charge in [0.05, 0.1) is 17.2 Å². The summed E-state index contributed by atoms with van der Waals surface area (Å²) in [6.45, 7) is 5.02. The minimum atomic E-state index is -0.448. The van der Waals surface area contributed by atoms with Crippen LogP contribution in [0.3, 0.4) is 0 Å². The van der Waals surface area contributed by atoms with Gasteiger partial charge in [-0.05, 0) is 25.1 Å². The summed E-state index contributed by atoms with van der Waals surface area (Å²) in [4.78, 5) is 32.3. The van der Waals surface area contributed by atoms with Gasteiger partial charge in [-0.25, -0.2) is 4.98 Å². The molecule has 7 nitrogen and oxygen atoms in total.